The van der Waals surface area contributed by atoms with Crippen LogP contribution in [-0.4, -0.2) is 44.6 Å². The Kier molecular flexibility index (Phi) is 3.17. The highest BCUT2D eigenvalue weighted by molar-refractivity contribution is 7.71. The number of aryl methyl sites for hydroxylation is 1. The normalized spacial score (nSPS) is 27.3. The third kappa shape index (κ3) is 2.11. The molecule has 2 aromatic rings. The number of fused-ring (bicyclic) bond motifs is 2. The molecule has 1 aromatic heterocycles. The minimum absolute atomic E-state index is 0.0782. The van der Waals surface area contributed by atoms with E-state index < -0.39 is 6.29 Å². The van der Waals surface area contributed by atoms with Crippen molar-refractivity contribution in [3.8, 4) is 5.69 Å². The molecule has 3 heterocycles. The molecular formula is C14H14N4O3S. The van der Waals surface area contributed by atoms with Gasteiger partial charge in [-0.2, -0.15) is 4.68 Å². The number of hydrogen-bond acceptors (Lipinski definition) is 6. The summed E-state index contributed by atoms with van der Waals surface area (Å²) in [6.45, 7) is 2.39. The molecule has 4 rings (SSSR count). The molecule has 2 aliphatic heterocycles. The van der Waals surface area contributed by atoms with Crippen molar-refractivity contribution in [2.75, 3.05) is 6.61 Å². The maximum atomic E-state index is 11.9. The van der Waals surface area contributed by atoms with E-state index in [1.54, 1.807) is 9.36 Å². The molecule has 0 unspecified atom stereocenters. The second-order valence-corrected chi connectivity index (χ2v) is 5.90. The molecule has 0 amide bonds. The lowest BCUT2D eigenvalue weighted by Crippen LogP contribution is -2.37. The van der Waals surface area contributed by atoms with Crippen LogP contribution in [0.2, 0.25) is 0 Å². The molecule has 2 aliphatic rings. The molecule has 22 heavy (non-hydrogen) atoms. The van der Waals surface area contributed by atoms with E-state index in [0.717, 1.165) is 11.3 Å². The molecule has 0 radical (unpaired) electrons. The molecule has 2 fully saturated rings. The van der Waals surface area contributed by atoms with Gasteiger partial charge in [0.15, 0.2) is 5.78 Å². The molecular weight excluding hydrogens is 304 g/mol. The topological polar surface area (TPSA) is 71.2 Å². The van der Waals surface area contributed by atoms with Gasteiger partial charge in [0.1, 0.15) is 6.10 Å². The smallest absolute Gasteiger partial charge is 0.221 e. The van der Waals surface area contributed by atoms with Crippen molar-refractivity contribution in [3.05, 3.63) is 34.6 Å². The number of nitrogens with zero attached hydrogens (tertiary/aromatic N) is 4. The van der Waals surface area contributed by atoms with E-state index in [-0.39, 0.29) is 17.9 Å². The van der Waals surface area contributed by atoms with Crippen molar-refractivity contribution in [3.63, 3.8) is 0 Å². The van der Waals surface area contributed by atoms with Gasteiger partial charge >= 0.3 is 0 Å². The van der Waals surface area contributed by atoms with Crippen molar-refractivity contribution in [2.24, 2.45) is 0 Å². The van der Waals surface area contributed by atoms with Crippen LogP contribution in [-0.2, 0) is 14.3 Å². The molecule has 0 spiro atoms. The lowest BCUT2D eigenvalue weighted by atomic mass is 10.0. The summed E-state index contributed by atoms with van der Waals surface area (Å²) in [4.78, 5) is 11.9. The summed E-state index contributed by atoms with van der Waals surface area (Å²) < 4.78 is 14.5. The first kappa shape index (κ1) is 13.7. The summed E-state index contributed by atoms with van der Waals surface area (Å²) in [6.07, 6.45) is -0.629. The average molecular weight is 318 g/mol. The Bertz CT molecular complexity index is 782. The number of Topliss-reactive ketones (excluding diaryl/α,β-unsaturated/α-hetero) is 1. The predicted octanol–water partition coefficient (Wildman–Crippen LogP) is 1.36. The first-order chi connectivity index (χ1) is 10.6. The number of carbonyl (C=O) groups is 1. The second kappa shape index (κ2) is 5.08. The van der Waals surface area contributed by atoms with Crippen LogP contribution in [0.25, 0.3) is 5.69 Å². The summed E-state index contributed by atoms with van der Waals surface area (Å²) >= 11 is 5.47. The minimum Gasteiger partial charge on any atom is -0.343 e. The Morgan fingerprint density at radius 2 is 2.05 bits per heavy atom. The van der Waals surface area contributed by atoms with Crippen LogP contribution in [0.5, 0.6) is 0 Å². The molecule has 0 saturated carbocycles. The summed E-state index contributed by atoms with van der Waals surface area (Å²) in [5.41, 5.74) is 1.99. The maximum absolute atomic E-state index is 11.9. The fourth-order valence-corrected chi connectivity index (χ4v) is 3.09. The van der Waals surface area contributed by atoms with Crippen LogP contribution >= 0.6 is 12.2 Å². The molecule has 0 aliphatic carbocycles. The summed E-state index contributed by atoms with van der Waals surface area (Å²) in [5, 5.41) is 8.24. The lowest BCUT2D eigenvalue weighted by Gasteiger charge is -2.25. The van der Waals surface area contributed by atoms with Gasteiger partial charge in [-0.3, -0.25) is 4.79 Å². The maximum Gasteiger partial charge on any atom is 0.221 e. The van der Waals surface area contributed by atoms with Crippen LogP contribution in [0.3, 0.4) is 0 Å². The van der Waals surface area contributed by atoms with Gasteiger partial charge in [-0.1, -0.05) is 17.7 Å². The quantitative estimate of drug-likeness (QED) is 0.779. The SMILES string of the molecule is Cc1ccc(-n2nnn([C@@H]3CC(=O)[C@H]4OC[C@H]3O4)c2=S)cc1. The third-order valence-electron chi connectivity index (χ3n) is 4.01. The Balaban J connectivity index is 1.71. The number of hydrogen-bond donors (Lipinski definition) is 0. The molecule has 114 valence electrons. The fraction of sp³-hybridized carbons (Fsp3) is 0.429. The van der Waals surface area contributed by atoms with E-state index in [4.69, 9.17) is 21.7 Å². The van der Waals surface area contributed by atoms with E-state index in [2.05, 4.69) is 10.4 Å². The summed E-state index contributed by atoms with van der Waals surface area (Å²) in [6, 6.07) is 7.57. The Morgan fingerprint density at radius 3 is 2.82 bits per heavy atom. The largest absolute Gasteiger partial charge is 0.343 e. The van der Waals surface area contributed by atoms with Gasteiger partial charge in [0.05, 0.1) is 18.3 Å². The average Bonchev–Trinajstić information content (AvgIpc) is 3.10. The van der Waals surface area contributed by atoms with Gasteiger partial charge < -0.3 is 9.47 Å². The van der Waals surface area contributed by atoms with Gasteiger partial charge in [-0.15, -0.1) is 0 Å². The number of ketones is 1. The van der Waals surface area contributed by atoms with E-state index in [1.807, 2.05) is 31.2 Å². The van der Waals surface area contributed by atoms with Crippen molar-refractivity contribution in [2.45, 2.75) is 31.8 Å². The van der Waals surface area contributed by atoms with Gasteiger partial charge in [-0.05, 0) is 41.7 Å². The van der Waals surface area contributed by atoms with Crippen molar-refractivity contribution >= 4 is 18.0 Å². The highest BCUT2D eigenvalue weighted by Gasteiger charge is 2.45. The number of ether oxygens (including phenoxy) is 2. The van der Waals surface area contributed by atoms with E-state index >= 15 is 0 Å². The second-order valence-electron chi connectivity index (χ2n) is 5.53. The number of rotatable bonds is 2. The molecule has 0 N–H and O–H groups in total. The fourth-order valence-electron chi connectivity index (χ4n) is 2.78. The van der Waals surface area contributed by atoms with Gasteiger partial charge in [0.2, 0.25) is 11.1 Å². The Hall–Kier alpha value is -1.90. The van der Waals surface area contributed by atoms with Gasteiger partial charge in [-0.25, -0.2) is 4.68 Å². The van der Waals surface area contributed by atoms with Crippen molar-refractivity contribution in [1.29, 1.82) is 0 Å². The minimum atomic E-state index is -0.720. The molecule has 2 bridgehead atoms. The van der Waals surface area contributed by atoms with Gasteiger partial charge in [0, 0.05) is 6.42 Å². The molecule has 3 atom stereocenters. The van der Waals surface area contributed by atoms with Crippen molar-refractivity contribution < 1.29 is 14.3 Å². The monoisotopic (exact) mass is 318 g/mol. The number of tetrazole rings is 1. The van der Waals surface area contributed by atoms with E-state index in [0.29, 0.717) is 17.8 Å². The molecule has 1 aromatic carbocycles. The standard InChI is InChI=1S/C14H14N4O3S/c1-8-2-4-9(5-3-8)17-14(22)18(16-15-17)10-6-11(19)13-20-7-12(10)21-13/h2-5,10,12-13H,6-7H2,1H3/t10-,12-,13+/m1/s1. The number of aromatic nitrogens is 4. The zero-order valence-electron chi connectivity index (χ0n) is 11.9. The Morgan fingerprint density at radius 1 is 1.27 bits per heavy atom. The molecule has 8 heteroatoms. The zero-order chi connectivity index (χ0) is 15.3. The highest BCUT2D eigenvalue weighted by Crippen LogP contribution is 2.32. The van der Waals surface area contributed by atoms with Crippen molar-refractivity contribution in [1.82, 2.24) is 19.8 Å². The Labute approximate surface area is 131 Å². The van der Waals surface area contributed by atoms with Crippen LogP contribution in [0.1, 0.15) is 18.0 Å². The lowest BCUT2D eigenvalue weighted by molar-refractivity contribution is -0.156. The predicted molar refractivity (Wildman–Crippen MR) is 78.2 cm³/mol. The van der Waals surface area contributed by atoms with Crippen LogP contribution in [0.15, 0.2) is 24.3 Å². The van der Waals surface area contributed by atoms with E-state index in [9.17, 15) is 4.79 Å². The molecule has 7 nitrogen and oxygen atoms in total. The highest BCUT2D eigenvalue weighted by atomic mass is 32.1. The van der Waals surface area contributed by atoms with Crippen LogP contribution in [0, 0.1) is 11.7 Å². The van der Waals surface area contributed by atoms with E-state index in [1.165, 1.54) is 0 Å². The third-order valence-corrected chi connectivity index (χ3v) is 4.37. The van der Waals surface area contributed by atoms with Gasteiger partial charge in [0.25, 0.3) is 0 Å². The molecule has 2 saturated heterocycles. The van der Waals surface area contributed by atoms with Crippen LogP contribution < -0.4 is 0 Å². The first-order valence-corrected chi connectivity index (χ1v) is 7.45. The first-order valence-electron chi connectivity index (χ1n) is 7.05. The zero-order valence-corrected chi connectivity index (χ0v) is 12.7. The summed E-state index contributed by atoms with van der Waals surface area (Å²) in [7, 11) is 0. The number of carbonyl (C=O) groups excluding carboxylic acids is 1. The summed E-state index contributed by atoms with van der Waals surface area (Å²) in [5.74, 6) is -0.0782. The number of benzene rings is 1. The van der Waals surface area contributed by atoms with Crippen LogP contribution in [0.4, 0.5) is 0 Å².